The number of aliphatic hydroxyl groups is 1. The van der Waals surface area contributed by atoms with Gasteiger partial charge in [-0.2, -0.15) is 0 Å². The third kappa shape index (κ3) is 3.43. The molecule has 1 amide bonds. The zero-order valence-corrected chi connectivity index (χ0v) is 16.1. The van der Waals surface area contributed by atoms with E-state index in [4.69, 9.17) is 9.15 Å². The molecule has 28 heavy (non-hydrogen) atoms. The molecule has 1 aliphatic heterocycles. The molecule has 1 aliphatic rings. The van der Waals surface area contributed by atoms with Crippen LogP contribution in [0.5, 0.6) is 0 Å². The van der Waals surface area contributed by atoms with Gasteiger partial charge in [0.2, 0.25) is 11.7 Å². The first-order valence-electron chi connectivity index (χ1n) is 9.26. The van der Waals surface area contributed by atoms with Crippen LogP contribution in [0.15, 0.2) is 40.8 Å². The van der Waals surface area contributed by atoms with Crippen molar-refractivity contribution in [2.24, 2.45) is 5.92 Å². The molecule has 3 rings (SSSR count). The topological polar surface area (TPSA) is 109 Å². The van der Waals surface area contributed by atoms with Gasteiger partial charge in [-0.05, 0) is 35.6 Å². The molecule has 0 spiro atoms. The van der Waals surface area contributed by atoms with Crippen LogP contribution in [0.1, 0.15) is 60.2 Å². The largest absolute Gasteiger partial charge is 0.475 e. The van der Waals surface area contributed by atoms with E-state index >= 15 is 0 Å². The number of furan rings is 1. The van der Waals surface area contributed by atoms with Crippen LogP contribution < -0.4 is 5.32 Å². The minimum absolute atomic E-state index is 0.0651. The number of amides is 1. The fraction of sp³-hybridized carbons (Fsp3) is 0.429. The number of hydrogen-bond acceptors (Lipinski definition) is 5. The number of carbonyl (C=O) groups excluding carboxylic acids is 1. The van der Waals surface area contributed by atoms with E-state index in [9.17, 15) is 19.8 Å². The van der Waals surface area contributed by atoms with Gasteiger partial charge in [0.15, 0.2) is 5.60 Å². The number of carbonyl (C=O) groups is 2. The van der Waals surface area contributed by atoms with Crippen LogP contribution in [-0.2, 0) is 15.1 Å². The molecule has 1 aromatic carbocycles. The highest BCUT2D eigenvalue weighted by Crippen LogP contribution is 2.41. The standard InChI is InChI=1S/C21H25NO6/c1-12(2)19(24)13-4-6-14(7-5-13)21(27-3,16-9-11-18(23)22-16)17-10-8-15(28-17)20(25)26/h4-8,10,12,16,19,24H,9,11H2,1-3H3,(H,22,23)(H,25,26)/t16?,19?,21-/m0/s1. The highest BCUT2D eigenvalue weighted by Gasteiger charge is 2.48. The van der Waals surface area contributed by atoms with Crippen molar-refractivity contribution in [2.75, 3.05) is 7.11 Å². The fourth-order valence-electron chi connectivity index (χ4n) is 3.76. The summed E-state index contributed by atoms with van der Waals surface area (Å²) < 4.78 is 11.5. The van der Waals surface area contributed by atoms with Gasteiger partial charge in [0.05, 0.1) is 12.1 Å². The molecule has 1 saturated heterocycles. The Balaban J connectivity index is 2.10. The van der Waals surface area contributed by atoms with E-state index in [-0.39, 0.29) is 17.6 Å². The van der Waals surface area contributed by atoms with Gasteiger partial charge in [0.1, 0.15) is 5.76 Å². The van der Waals surface area contributed by atoms with E-state index in [1.807, 2.05) is 38.1 Å². The molecule has 0 saturated carbocycles. The van der Waals surface area contributed by atoms with E-state index in [0.717, 1.165) is 5.56 Å². The molecule has 0 aliphatic carbocycles. The van der Waals surface area contributed by atoms with Crippen LogP contribution in [0, 0.1) is 5.92 Å². The highest BCUT2D eigenvalue weighted by molar-refractivity contribution is 5.84. The maximum atomic E-state index is 11.9. The molecule has 2 unspecified atom stereocenters. The Bertz CT molecular complexity index is 856. The number of methoxy groups -OCH3 is 1. The predicted octanol–water partition coefficient (Wildman–Crippen LogP) is 2.84. The van der Waals surface area contributed by atoms with E-state index in [1.165, 1.54) is 13.2 Å². The van der Waals surface area contributed by atoms with Gasteiger partial charge in [-0.1, -0.05) is 38.1 Å². The molecular formula is C21H25NO6. The molecule has 7 nitrogen and oxygen atoms in total. The first-order valence-corrected chi connectivity index (χ1v) is 9.26. The summed E-state index contributed by atoms with van der Waals surface area (Å²) in [6, 6.07) is 9.78. The highest BCUT2D eigenvalue weighted by atomic mass is 16.5. The molecule has 2 heterocycles. The monoisotopic (exact) mass is 387 g/mol. The lowest BCUT2D eigenvalue weighted by Gasteiger charge is -2.36. The molecular weight excluding hydrogens is 362 g/mol. The predicted molar refractivity (Wildman–Crippen MR) is 101 cm³/mol. The summed E-state index contributed by atoms with van der Waals surface area (Å²) in [6.45, 7) is 3.87. The van der Waals surface area contributed by atoms with Crippen LogP contribution in [-0.4, -0.2) is 35.2 Å². The summed E-state index contributed by atoms with van der Waals surface area (Å²) in [4.78, 5) is 23.2. The van der Waals surface area contributed by atoms with Crippen molar-refractivity contribution < 1.29 is 29.0 Å². The second kappa shape index (κ2) is 7.77. The third-order valence-electron chi connectivity index (χ3n) is 5.30. The number of aromatic carboxylic acids is 1. The molecule has 1 fully saturated rings. The van der Waals surface area contributed by atoms with Crippen molar-refractivity contribution in [1.82, 2.24) is 5.32 Å². The van der Waals surface area contributed by atoms with Gasteiger partial charge in [-0.25, -0.2) is 4.79 Å². The first-order chi connectivity index (χ1) is 13.3. The van der Waals surface area contributed by atoms with Gasteiger partial charge >= 0.3 is 5.97 Å². The number of carboxylic acids is 1. The third-order valence-corrected chi connectivity index (χ3v) is 5.30. The number of hydrogen-bond donors (Lipinski definition) is 3. The average Bonchev–Trinajstić information content (AvgIpc) is 3.33. The summed E-state index contributed by atoms with van der Waals surface area (Å²) in [5.74, 6) is -1.11. The average molecular weight is 387 g/mol. The molecule has 2 aromatic rings. The zero-order chi connectivity index (χ0) is 20.5. The van der Waals surface area contributed by atoms with E-state index in [1.54, 1.807) is 6.07 Å². The van der Waals surface area contributed by atoms with Crippen LogP contribution in [0.25, 0.3) is 0 Å². The summed E-state index contributed by atoms with van der Waals surface area (Å²) in [5, 5.41) is 22.5. The van der Waals surface area contributed by atoms with Gasteiger partial charge in [0, 0.05) is 13.5 Å². The Morgan fingerprint density at radius 2 is 1.93 bits per heavy atom. The second-order valence-corrected chi connectivity index (χ2v) is 7.38. The van der Waals surface area contributed by atoms with Gasteiger partial charge in [-0.15, -0.1) is 0 Å². The molecule has 150 valence electrons. The lowest BCUT2D eigenvalue weighted by atomic mass is 9.82. The normalized spacial score (nSPS) is 20.0. The van der Waals surface area contributed by atoms with Crippen LogP contribution in [0.4, 0.5) is 0 Å². The van der Waals surface area contributed by atoms with Gasteiger partial charge in [0.25, 0.3) is 0 Å². The Kier molecular flexibility index (Phi) is 5.58. The van der Waals surface area contributed by atoms with Crippen LogP contribution in [0.2, 0.25) is 0 Å². The molecule has 0 bridgehead atoms. The number of benzene rings is 1. The second-order valence-electron chi connectivity index (χ2n) is 7.38. The van der Waals surface area contributed by atoms with Crippen molar-refractivity contribution in [3.8, 4) is 0 Å². The Morgan fingerprint density at radius 1 is 1.25 bits per heavy atom. The quantitative estimate of drug-likeness (QED) is 0.674. The number of ether oxygens (including phenoxy) is 1. The van der Waals surface area contributed by atoms with E-state index < -0.39 is 23.7 Å². The lowest BCUT2D eigenvalue weighted by molar-refractivity contribution is -0.120. The van der Waals surface area contributed by atoms with E-state index in [0.29, 0.717) is 24.2 Å². The fourth-order valence-corrected chi connectivity index (χ4v) is 3.76. The molecule has 1 aromatic heterocycles. The van der Waals surface area contributed by atoms with Crippen LogP contribution in [0.3, 0.4) is 0 Å². The Morgan fingerprint density at radius 3 is 2.39 bits per heavy atom. The van der Waals surface area contributed by atoms with Crippen molar-refractivity contribution in [1.29, 1.82) is 0 Å². The Labute approximate surface area is 163 Å². The van der Waals surface area contributed by atoms with Crippen molar-refractivity contribution in [3.63, 3.8) is 0 Å². The van der Waals surface area contributed by atoms with Crippen molar-refractivity contribution in [3.05, 3.63) is 59.0 Å². The summed E-state index contributed by atoms with van der Waals surface area (Å²) in [5.41, 5.74) is 0.291. The minimum atomic E-state index is -1.18. The molecule has 3 N–H and O–H groups in total. The SMILES string of the molecule is CO[C@](c1ccc(C(O)C(C)C)cc1)(c1ccc(C(=O)O)o1)C1CCC(=O)N1. The summed E-state index contributed by atoms with van der Waals surface area (Å²) in [7, 11) is 1.50. The molecule has 7 heteroatoms. The first kappa shape index (κ1) is 20.1. The zero-order valence-electron chi connectivity index (χ0n) is 16.1. The van der Waals surface area contributed by atoms with Gasteiger partial charge in [-0.3, -0.25) is 4.79 Å². The minimum Gasteiger partial charge on any atom is -0.475 e. The lowest BCUT2D eigenvalue weighted by Crippen LogP contribution is -2.48. The summed E-state index contributed by atoms with van der Waals surface area (Å²) in [6.07, 6.45) is 0.276. The number of rotatable bonds is 7. The van der Waals surface area contributed by atoms with Crippen LogP contribution >= 0.6 is 0 Å². The van der Waals surface area contributed by atoms with Crippen molar-refractivity contribution in [2.45, 2.75) is 44.4 Å². The van der Waals surface area contributed by atoms with E-state index in [2.05, 4.69) is 5.32 Å². The van der Waals surface area contributed by atoms with Crippen molar-refractivity contribution >= 4 is 11.9 Å². The maximum absolute atomic E-state index is 11.9. The summed E-state index contributed by atoms with van der Waals surface area (Å²) >= 11 is 0. The maximum Gasteiger partial charge on any atom is 0.371 e. The Hall–Kier alpha value is -2.64. The number of aliphatic hydroxyl groups excluding tert-OH is 1. The van der Waals surface area contributed by atoms with Gasteiger partial charge < -0.3 is 24.7 Å². The number of carboxylic acid groups (broad SMARTS) is 1. The molecule has 3 atom stereocenters. The molecule has 0 radical (unpaired) electrons. The number of nitrogens with one attached hydrogen (secondary N) is 1. The smallest absolute Gasteiger partial charge is 0.371 e.